The van der Waals surface area contributed by atoms with Crippen LogP contribution in [0.5, 0.6) is 5.75 Å². The monoisotopic (exact) mass is 311 g/mol. The highest BCUT2D eigenvalue weighted by atomic mass is 19.4. The second-order valence-corrected chi connectivity index (χ2v) is 4.00. The molecular formula is C11H6F5NO4. The molecular weight excluding hydrogens is 305 g/mol. The molecule has 1 heterocycles. The van der Waals surface area contributed by atoms with E-state index in [0.29, 0.717) is 18.2 Å². The van der Waals surface area contributed by atoms with Crippen molar-refractivity contribution in [1.29, 1.82) is 0 Å². The number of non-ortho nitro benzene ring substituents is 1. The van der Waals surface area contributed by atoms with Gasteiger partial charge in [0.2, 0.25) is 0 Å². The summed E-state index contributed by atoms with van der Waals surface area (Å²) >= 11 is 0. The smallest absolute Gasteiger partial charge is 0.458 e. The normalized spacial score (nSPS) is 14.2. The first-order valence-corrected chi connectivity index (χ1v) is 5.35. The average Bonchev–Trinajstić information content (AvgIpc) is 3.18. The molecule has 0 N–H and O–H groups in total. The largest absolute Gasteiger partial charge is 0.485 e. The minimum atomic E-state index is -5.85. The third-order valence-corrected chi connectivity index (χ3v) is 2.52. The molecule has 0 fully saturated rings. The number of nitro groups is 1. The molecule has 1 aromatic rings. The maximum absolute atomic E-state index is 13.4. The molecule has 0 unspecified atom stereocenters. The highest BCUT2D eigenvalue weighted by Crippen LogP contribution is 2.47. The number of hydrogen-bond donors (Lipinski definition) is 0. The van der Waals surface area contributed by atoms with Crippen molar-refractivity contribution in [3.05, 3.63) is 45.9 Å². The number of hydrogen-bond acceptors (Lipinski definition) is 4. The van der Waals surface area contributed by atoms with E-state index in [1.807, 2.05) is 0 Å². The number of ether oxygens (including phenoxy) is 2. The van der Waals surface area contributed by atoms with Crippen LogP contribution in [0.4, 0.5) is 27.6 Å². The molecule has 0 amide bonds. The van der Waals surface area contributed by atoms with Crippen molar-refractivity contribution in [3.63, 3.8) is 0 Å². The van der Waals surface area contributed by atoms with Crippen LogP contribution in [0.25, 0.3) is 0 Å². The molecule has 0 saturated carbocycles. The molecule has 1 aromatic carbocycles. The number of alkyl halides is 5. The molecule has 0 spiro atoms. The van der Waals surface area contributed by atoms with Crippen LogP contribution in [0.1, 0.15) is 5.56 Å². The Balaban J connectivity index is 2.42. The minimum absolute atomic E-state index is 0.225. The fourth-order valence-corrected chi connectivity index (χ4v) is 1.41. The Kier molecular flexibility index (Phi) is 3.47. The average molecular weight is 311 g/mol. The summed E-state index contributed by atoms with van der Waals surface area (Å²) in [6.45, 7) is -0.401. The second-order valence-electron chi connectivity index (χ2n) is 4.00. The lowest BCUT2D eigenvalue weighted by molar-refractivity contribution is -0.385. The third kappa shape index (κ3) is 3.03. The van der Waals surface area contributed by atoms with Crippen molar-refractivity contribution in [2.45, 2.75) is 12.1 Å². The highest BCUT2D eigenvalue weighted by molar-refractivity contribution is 5.47. The number of rotatable bonds is 5. The Morgan fingerprint density at radius 2 is 1.86 bits per heavy atom. The molecule has 5 nitrogen and oxygen atoms in total. The van der Waals surface area contributed by atoms with Gasteiger partial charge in [-0.15, -0.1) is 0 Å². The minimum Gasteiger partial charge on any atom is -0.485 e. The first kappa shape index (κ1) is 15.0. The summed E-state index contributed by atoms with van der Waals surface area (Å²) in [6.07, 6.45) is -4.66. The molecule has 10 heteroatoms. The van der Waals surface area contributed by atoms with E-state index in [-0.39, 0.29) is 5.76 Å². The Bertz CT molecular complexity index is 611. The van der Waals surface area contributed by atoms with Crippen LogP contribution in [0.2, 0.25) is 0 Å². The third-order valence-electron chi connectivity index (χ3n) is 2.52. The summed E-state index contributed by atoms with van der Waals surface area (Å²) < 4.78 is 73.2. The topological polar surface area (TPSA) is 64.9 Å². The van der Waals surface area contributed by atoms with Gasteiger partial charge in [0, 0.05) is 6.07 Å². The lowest BCUT2D eigenvalue weighted by Gasteiger charge is -2.22. The van der Waals surface area contributed by atoms with Gasteiger partial charge in [-0.25, -0.2) is 0 Å². The van der Waals surface area contributed by atoms with E-state index in [2.05, 4.69) is 4.74 Å². The molecule has 1 aliphatic heterocycles. The zero-order valence-corrected chi connectivity index (χ0v) is 9.99. The molecule has 0 radical (unpaired) electrons. The van der Waals surface area contributed by atoms with Crippen LogP contribution >= 0.6 is 0 Å². The SMILES string of the molecule is O=[N+]([O-])c1ccc(C(F)(F)C(F)(F)F)c(OCC2=CO2)c1. The molecule has 0 saturated heterocycles. The van der Waals surface area contributed by atoms with E-state index >= 15 is 0 Å². The van der Waals surface area contributed by atoms with Gasteiger partial charge < -0.3 is 9.47 Å². The standard InChI is InChI=1S/C11H6F5NO4/c12-10(13,11(14,15)16)8-2-1-6(17(18)19)3-9(8)21-5-7-4-20-7/h1-4H,5H2. The maximum atomic E-state index is 13.4. The molecule has 2 rings (SSSR count). The number of halogens is 5. The van der Waals surface area contributed by atoms with Gasteiger partial charge >= 0.3 is 12.1 Å². The Morgan fingerprint density at radius 3 is 2.33 bits per heavy atom. The molecule has 0 atom stereocenters. The van der Waals surface area contributed by atoms with Crippen molar-refractivity contribution in [1.82, 2.24) is 0 Å². The van der Waals surface area contributed by atoms with Crippen LogP contribution in [0.15, 0.2) is 30.2 Å². The van der Waals surface area contributed by atoms with Crippen molar-refractivity contribution >= 4 is 5.69 Å². The van der Waals surface area contributed by atoms with Gasteiger partial charge in [0.25, 0.3) is 5.69 Å². The summed E-state index contributed by atoms with van der Waals surface area (Å²) in [4.78, 5) is 9.63. The molecule has 0 aromatic heterocycles. The highest BCUT2D eigenvalue weighted by Gasteiger charge is 2.60. The number of nitro benzene ring substituents is 1. The Morgan fingerprint density at radius 1 is 1.24 bits per heavy atom. The molecule has 1 aliphatic rings. The summed E-state index contributed by atoms with van der Waals surface area (Å²) in [5, 5.41) is 10.6. The predicted octanol–water partition coefficient (Wildman–Crippen LogP) is 3.50. The van der Waals surface area contributed by atoms with Gasteiger partial charge in [0.15, 0.2) is 5.76 Å². The fourth-order valence-electron chi connectivity index (χ4n) is 1.41. The van der Waals surface area contributed by atoms with Crippen molar-refractivity contribution in [2.24, 2.45) is 0 Å². The van der Waals surface area contributed by atoms with Crippen LogP contribution in [0.3, 0.4) is 0 Å². The van der Waals surface area contributed by atoms with Crippen molar-refractivity contribution in [3.8, 4) is 5.75 Å². The number of nitrogens with zero attached hydrogens (tertiary/aromatic N) is 1. The predicted molar refractivity (Wildman–Crippen MR) is 57.7 cm³/mol. The molecule has 114 valence electrons. The van der Waals surface area contributed by atoms with Gasteiger partial charge in [-0.05, 0) is 6.07 Å². The van der Waals surface area contributed by atoms with Crippen molar-refractivity contribution in [2.75, 3.05) is 6.61 Å². The zero-order chi connectivity index (χ0) is 15.8. The van der Waals surface area contributed by atoms with Gasteiger partial charge in [0.05, 0.1) is 16.6 Å². The quantitative estimate of drug-likeness (QED) is 0.474. The van der Waals surface area contributed by atoms with Crippen LogP contribution in [-0.2, 0) is 10.7 Å². The van der Waals surface area contributed by atoms with E-state index in [0.717, 1.165) is 0 Å². The Labute approximate surface area is 113 Å². The van der Waals surface area contributed by atoms with Crippen molar-refractivity contribution < 1.29 is 36.3 Å². The molecule has 0 bridgehead atoms. The summed E-state index contributed by atoms with van der Waals surface area (Å²) in [5.41, 5.74) is -2.17. The van der Waals surface area contributed by atoms with Gasteiger partial charge in [-0.2, -0.15) is 22.0 Å². The number of benzene rings is 1. The van der Waals surface area contributed by atoms with E-state index in [1.54, 1.807) is 0 Å². The van der Waals surface area contributed by atoms with Crippen LogP contribution < -0.4 is 4.74 Å². The zero-order valence-electron chi connectivity index (χ0n) is 9.99. The first-order valence-electron chi connectivity index (χ1n) is 5.35. The van der Waals surface area contributed by atoms with E-state index in [9.17, 15) is 32.1 Å². The maximum Gasteiger partial charge on any atom is 0.458 e. The van der Waals surface area contributed by atoms with Gasteiger partial charge in [0.1, 0.15) is 18.6 Å². The van der Waals surface area contributed by atoms with Crippen LogP contribution in [-0.4, -0.2) is 17.7 Å². The lowest BCUT2D eigenvalue weighted by Crippen LogP contribution is -2.34. The van der Waals surface area contributed by atoms with E-state index in [4.69, 9.17) is 4.74 Å². The first-order chi connectivity index (χ1) is 9.63. The van der Waals surface area contributed by atoms with Crippen LogP contribution in [0, 0.1) is 10.1 Å². The summed E-state index contributed by atoms with van der Waals surface area (Å²) in [6, 6.07) is 1.38. The van der Waals surface area contributed by atoms with E-state index < -0.39 is 40.6 Å². The van der Waals surface area contributed by atoms with Gasteiger partial charge in [-0.3, -0.25) is 10.1 Å². The Hall–Kier alpha value is -2.39. The summed E-state index contributed by atoms with van der Waals surface area (Å²) in [5.74, 6) is -5.90. The fraction of sp³-hybridized carbons (Fsp3) is 0.273. The summed E-state index contributed by atoms with van der Waals surface area (Å²) in [7, 11) is 0. The molecule has 0 aliphatic carbocycles. The van der Waals surface area contributed by atoms with Gasteiger partial charge in [-0.1, -0.05) is 0 Å². The molecule has 21 heavy (non-hydrogen) atoms. The lowest BCUT2D eigenvalue weighted by atomic mass is 10.1. The van der Waals surface area contributed by atoms with E-state index in [1.165, 1.54) is 6.26 Å². The second kappa shape index (κ2) is 4.86.